The van der Waals surface area contributed by atoms with Crippen molar-refractivity contribution in [2.45, 2.75) is 13.8 Å². The van der Waals surface area contributed by atoms with Crippen molar-refractivity contribution in [3.05, 3.63) is 81.4 Å². The summed E-state index contributed by atoms with van der Waals surface area (Å²) in [6.45, 7) is 6.09. The number of benzene rings is 2. The van der Waals surface area contributed by atoms with E-state index in [0.717, 1.165) is 24.5 Å². The fourth-order valence-corrected chi connectivity index (χ4v) is 4.23. The topological polar surface area (TPSA) is 101 Å². The van der Waals surface area contributed by atoms with E-state index in [1.807, 2.05) is 24.3 Å². The molecule has 0 bridgehead atoms. The molecular formula is C24H22N4O4S. The Morgan fingerprint density at radius 3 is 2.58 bits per heavy atom. The van der Waals surface area contributed by atoms with Gasteiger partial charge in [-0.2, -0.15) is 0 Å². The summed E-state index contributed by atoms with van der Waals surface area (Å²) in [6, 6.07) is 17.5. The van der Waals surface area contributed by atoms with Crippen molar-refractivity contribution in [2.75, 3.05) is 18.0 Å². The highest BCUT2D eigenvalue weighted by atomic mass is 32.2. The predicted molar refractivity (Wildman–Crippen MR) is 132 cm³/mol. The number of anilines is 1. The molecule has 33 heavy (non-hydrogen) atoms. The number of aliphatic imine (C=N–C) groups is 1. The van der Waals surface area contributed by atoms with Crippen LogP contribution in [0.3, 0.4) is 0 Å². The highest BCUT2D eigenvalue weighted by Crippen LogP contribution is 2.31. The molecule has 2 aromatic carbocycles. The van der Waals surface area contributed by atoms with Crippen LogP contribution in [0.2, 0.25) is 0 Å². The number of furan rings is 1. The number of carbonyl (C=O) groups is 1. The van der Waals surface area contributed by atoms with Crippen LogP contribution in [-0.2, 0) is 4.79 Å². The molecule has 1 fully saturated rings. The van der Waals surface area contributed by atoms with Crippen molar-refractivity contribution in [1.29, 1.82) is 0 Å². The number of nitrogens with zero attached hydrogens (tertiary/aromatic N) is 3. The number of rotatable bonds is 7. The van der Waals surface area contributed by atoms with Gasteiger partial charge in [0, 0.05) is 42.5 Å². The smallest absolute Gasteiger partial charge is 0.270 e. The van der Waals surface area contributed by atoms with E-state index in [1.54, 1.807) is 30.3 Å². The van der Waals surface area contributed by atoms with Gasteiger partial charge in [0.1, 0.15) is 11.5 Å². The summed E-state index contributed by atoms with van der Waals surface area (Å²) in [5, 5.41) is 14.3. The molecule has 1 amide bonds. The van der Waals surface area contributed by atoms with Crippen molar-refractivity contribution in [3.8, 4) is 11.3 Å². The second-order valence-electron chi connectivity index (χ2n) is 7.18. The number of nitro benzene ring substituents is 1. The molecule has 1 N–H and O–H groups in total. The van der Waals surface area contributed by atoms with E-state index in [1.165, 1.54) is 23.9 Å². The van der Waals surface area contributed by atoms with Crippen LogP contribution in [0.5, 0.6) is 0 Å². The molecule has 1 aliphatic rings. The molecule has 0 saturated carbocycles. The van der Waals surface area contributed by atoms with Crippen LogP contribution in [0.4, 0.5) is 17.1 Å². The molecule has 0 radical (unpaired) electrons. The summed E-state index contributed by atoms with van der Waals surface area (Å²) >= 11 is 1.23. The van der Waals surface area contributed by atoms with Crippen molar-refractivity contribution in [2.24, 2.45) is 4.99 Å². The Kier molecular flexibility index (Phi) is 6.60. The number of thioether (sulfide) groups is 1. The molecule has 3 aromatic rings. The highest BCUT2D eigenvalue weighted by Gasteiger charge is 2.24. The van der Waals surface area contributed by atoms with Gasteiger partial charge in [-0.05, 0) is 62.0 Å². The SMILES string of the molecule is CCN(CC)c1ccc(N=C2NC(=O)/C(=C\c3ccc(-c4cccc([N+](=O)[O-])c4)o3)S2)cc1. The standard InChI is InChI=1S/C24H22N4O4S/c1-3-27(4-2)18-10-8-17(9-11-18)25-24-26-23(29)22(33-24)15-20-12-13-21(32-20)16-6-5-7-19(14-16)28(30)31/h5-15H,3-4H2,1-2H3,(H,25,26,29)/b22-15+. The number of non-ortho nitro benzene ring substituents is 1. The van der Waals surface area contributed by atoms with Gasteiger partial charge in [-0.15, -0.1) is 0 Å². The third-order valence-corrected chi connectivity index (χ3v) is 6.01. The number of nitro groups is 1. The minimum absolute atomic E-state index is 0.0134. The van der Waals surface area contributed by atoms with E-state index in [0.29, 0.717) is 27.2 Å². The van der Waals surface area contributed by atoms with Gasteiger partial charge in [-0.1, -0.05) is 12.1 Å². The first-order chi connectivity index (χ1) is 16.0. The van der Waals surface area contributed by atoms with E-state index >= 15 is 0 Å². The number of hydrogen-bond donors (Lipinski definition) is 1. The second kappa shape index (κ2) is 9.74. The first-order valence-electron chi connectivity index (χ1n) is 10.5. The fraction of sp³-hybridized carbons (Fsp3) is 0.167. The average Bonchev–Trinajstić information content (AvgIpc) is 3.42. The molecule has 168 valence electrons. The Morgan fingerprint density at radius 1 is 1.12 bits per heavy atom. The largest absolute Gasteiger partial charge is 0.457 e. The van der Waals surface area contributed by atoms with Crippen LogP contribution in [-0.4, -0.2) is 29.1 Å². The molecule has 2 heterocycles. The van der Waals surface area contributed by atoms with E-state index in [2.05, 4.69) is 29.1 Å². The molecule has 0 unspecified atom stereocenters. The van der Waals surface area contributed by atoms with Crippen LogP contribution < -0.4 is 10.2 Å². The molecule has 8 nitrogen and oxygen atoms in total. The van der Waals surface area contributed by atoms with Crippen molar-refractivity contribution >= 4 is 46.0 Å². The molecule has 0 atom stereocenters. The zero-order chi connectivity index (χ0) is 23.4. The molecule has 1 aliphatic heterocycles. The van der Waals surface area contributed by atoms with Gasteiger partial charge in [0.2, 0.25) is 0 Å². The third-order valence-electron chi connectivity index (χ3n) is 5.10. The number of amidine groups is 1. The summed E-state index contributed by atoms with van der Waals surface area (Å²) < 4.78 is 5.79. The van der Waals surface area contributed by atoms with Crippen LogP contribution >= 0.6 is 11.8 Å². The maximum atomic E-state index is 12.4. The lowest BCUT2D eigenvalue weighted by molar-refractivity contribution is -0.384. The van der Waals surface area contributed by atoms with Crippen LogP contribution in [0.15, 0.2) is 75.0 Å². The summed E-state index contributed by atoms with van der Waals surface area (Å²) in [5.41, 5.74) is 2.46. The lowest BCUT2D eigenvalue weighted by Crippen LogP contribution is -2.21. The number of nitrogens with one attached hydrogen (secondary N) is 1. The highest BCUT2D eigenvalue weighted by molar-refractivity contribution is 8.18. The summed E-state index contributed by atoms with van der Waals surface area (Å²) in [6.07, 6.45) is 1.63. The molecule has 1 aromatic heterocycles. The summed E-state index contributed by atoms with van der Waals surface area (Å²) in [4.78, 5) is 30.2. The third kappa shape index (κ3) is 5.15. The van der Waals surface area contributed by atoms with Gasteiger partial charge in [0.25, 0.3) is 11.6 Å². The first-order valence-corrected chi connectivity index (χ1v) is 11.3. The number of hydrogen-bond acceptors (Lipinski definition) is 7. The number of amides is 1. The van der Waals surface area contributed by atoms with Gasteiger partial charge >= 0.3 is 0 Å². The molecular weight excluding hydrogens is 440 g/mol. The maximum Gasteiger partial charge on any atom is 0.270 e. The van der Waals surface area contributed by atoms with Crippen molar-refractivity contribution in [3.63, 3.8) is 0 Å². The first kappa shape index (κ1) is 22.3. The van der Waals surface area contributed by atoms with Crippen LogP contribution in [0.25, 0.3) is 17.4 Å². The van der Waals surface area contributed by atoms with Crippen molar-refractivity contribution in [1.82, 2.24) is 5.32 Å². The quantitative estimate of drug-likeness (QED) is 0.279. The Balaban J connectivity index is 1.49. The van der Waals surface area contributed by atoms with Crippen LogP contribution in [0, 0.1) is 10.1 Å². The normalized spacial score (nSPS) is 15.8. The van der Waals surface area contributed by atoms with Gasteiger partial charge in [-0.25, -0.2) is 4.99 Å². The van der Waals surface area contributed by atoms with Gasteiger partial charge in [0.05, 0.1) is 15.5 Å². The lowest BCUT2D eigenvalue weighted by atomic mass is 10.1. The van der Waals surface area contributed by atoms with E-state index in [4.69, 9.17) is 4.42 Å². The monoisotopic (exact) mass is 462 g/mol. The molecule has 0 aliphatic carbocycles. The Hall–Kier alpha value is -3.85. The molecule has 1 saturated heterocycles. The second-order valence-corrected chi connectivity index (χ2v) is 8.21. The zero-order valence-corrected chi connectivity index (χ0v) is 19.0. The van der Waals surface area contributed by atoms with Crippen molar-refractivity contribution < 1.29 is 14.1 Å². The van der Waals surface area contributed by atoms with Gasteiger partial charge in [0.15, 0.2) is 5.17 Å². The van der Waals surface area contributed by atoms with E-state index in [-0.39, 0.29) is 11.6 Å². The minimum Gasteiger partial charge on any atom is -0.457 e. The lowest BCUT2D eigenvalue weighted by Gasteiger charge is -2.20. The zero-order valence-electron chi connectivity index (χ0n) is 18.1. The average molecular weight is 463 g/mol. The molecule has 9 heteroatoms. The van der Waals surface area contributed by atoms with Gasteiger partial charge in [-0.3, -0.25) is 14.9 Å². The van der Waals surface area contributed by atoms with Gasteiger partial charge < -0.3 is 14.6 Å². The van der Waals surface area contributed by atoms with E-state index < -0.39 is 4.92 Å². The molecule has 0 spiro atoms. The fourth-order valence-electron chi connectivity index (χ4n) is 3.41. The Labute approximate surface area is 195 Å². The minimum atomic E-state index is -0.452. The maximum absolute atomic E-state index is 12.4. The Morgan fingerprint density at radius 2 is 1.88 bits per heavy atom. The predicted octanol–water partition coefficient (Wildman–Crippen LogP) is 5.59. The van der Waals surface area contributed by atoms with Crippen LogP contribution in [0.1, 0.15) is 19.6 Å². The Bertz CT molecular complexity index is 1240. The number of carbonyl (C=O) groups excluding carboxylic acids is 1. The summed E-state index contributed by atoms with van der Waals surface area (Å²) in [5.74, 6) is 0.696. The molecule has 4 rings (SSSR count). The van der Waals surface area contributed by atoms with E-state index in [9.17, 15) is 14.9 Å². The summed E-state index contributed by atoms with van der Waals surface area (Å²) in [7, 11) is 0.